The minimum absolute atomic E-state index is 0.105. The van der Waals surface area contributed by atoms with Gasteiger partial charge in [-0.25, -0.2) is 0 Å². The Bertz CT molecular complexity index is 528. The Labute approximate surface area is 126 Å². The topological polar surface area (TPSA) is 62.1 Å². The van der Waals surface area contributed by atoms with Crippen molar-refractivity contribution in [1.82, 2.24) is 5.32 Å². The first kappa shape index (κ1) is 15.4. The molecule has 4 nitrogen and oxygen atoms in total. The van der Waals surface area contributed by atoms with Crippen LogP contribution >= 0.6 is 0 Å². The minimum Gasteiger partial charge on any atom is -0.493 e. The number of aryl methyl sites for hydroxylation is 1. The van der Waals surface area contributed by atoms with E-state index in [0.29, 0.717) is 6.61 Å². The number of hydrogen-bond acceptors (Lipinski definition) is 3. The van der Waals surface area contributed by atoms with Gasteiger partial charge in [-0.15, -0.1) is 0 Å². The van der Waals surface area contributed by atoms with Crippen molar-refractivity contribution >= 4 is 5.91 Å². The highest BCUT2D eigenvalue weighted by molar-refractivity contribution is 5.77. The molecule has 0 bridgehead atoms. The van der Waals surface area contributed by atoms with Gasteiger partial charge >= 0.3 is 0 Å². The summed E-state index contributed by atoms with van der Waals surface area (Å²) in [4.78, 5) is 12.0. The van der Waals surface area contributed by atoms with Gasteiger partial charge in [-0.2, -0.15) is 5.26 Å². The zero-order valence-electron chi connectivity index (χ0n) is 12.5. The largest absolute Gasteiger partial charge is 0.493 e. The maximum atomic E-state index is 12.0. The van der Waals surface area contributed by atoms with Crippen molar-refractivity contribution in [3.63, 3.8) is 0 Å². The van der Waals surface area contributed by atoms with Crippen LogP contribution in [0.5, 0.6) is 5.75 Å². The second-order valence-corrected chi connectivity index (χ2v) is 5.72. The number of nitriles is 1. The molecule has 1 aliphatic rings. The third-order valence-electron chi connectivity index (χ3n) is 3.89. The number of rotatable bonds is 5. The number of amides is 1. The molecule has 0 atom stereocenters. The van der Waals surface area contributed by atoms with E-state index in [-0.39, 0.29) is 12.3 Å². The molecule has 21 heavy (non-hydrogen) atoms. The van der Waals surface area contributed by atoms with Gasteiger partial charge in [0, 0.05) is 0 Å². The number of carbonyl (C=O) groups excluding carboxylic acids is 1. The summed E-state index contributed by atoms with van der Waals surface area (Å²) in [5, 5.41) is 12.2. The summed E-state index contributed by atoms with van der Waals surface area (Å²) in [6.45, 7) is 2.33. The van der Waals surface area contributed by atoms with Crippen LogP contribution in [0.15, 0.2) is 24.3 Å². The zero-order valence-corrected chi connectivity index (χ0v) is 12.5. The van der Waals surface area contributed by atoms with E-state index in [0.717, 1.165) is 43.4 Å². The second kappa shape index (κ2) is 7.12. The molecule has 1 amide bonds. The molecule has 1 aromatic carbocycles. The summed E-state index contributed by atoms with van der Waals surface area (Å²) in [5.74, 6) is 0.668. The first-order valence-corrected chi connectivity index (χ1v) is 7.55. The fraction of sp³-hybridized carbons (Fsp3) is 0.529. The van der Waals surface area contributed by atoms with Crippen molar-refractivity contribution in [2.75, 3.05) is 6.61 Å². The van der Waals surface area contributed by atoms with Crippen molar-refractivity contribution < 1.29 is 9.53 Å². The number of nitrogens with one attached hydrogen (secondary N) is 1. The van der Waals surface area contributed by atoms with Crippen LogP contribution in [0, 0.1) is 18.3 Å². The Morgan fingerprint density at radius 3 is 2.81 bits per heavy atom. The smallest absolute Gasteiger partial charge is 0.224 e. The van der Waals surface area contributed by atoms with Gasteiger partial charge in [-0.1, -0.05) is 31.4 Å². The predicted molar refractivity (Wildman–Crippen MR) is 80.9 cm³/mol. The molecule has 1 aromatic rings. The molecule has 4 heteroatoms. The molecule has 1 saturated carbocycles. The van der Waals surface area contributed by atoms with E-state index in [4.69, 9.17) is 4.74 Å². The molecule has 1 fully saturated rings. The van der Waals surface area contributed by atoms with Gasteiger partial charge in [0.2, 0.25) is 5.91 Å². The molecule has 0 saturated heterocycles. The number of benzene rings is 1. The Morgan fingerprint density at radius 1 is 1.38 bits per heavy atom. The van der Waals surface area contributed by atoms with E-state index in [1.54, 1.807) is 0 Å². The summed E-state index contributed by atoms with van der Waals surface area (Å²) in [6, 6.07) is 10.0. The molecule has 0 radical (unpaired) electrons. The molecular weight excluding hydrogens is 264 g/mol. The van der Waals surface area contributed by atoms with E-state index in [2.05, 4.69) is 11.4 Å². The fourth-order valence-electron chi connectivity index (χ4n) is 2.72. The van der Waals surface area contributed by atoms with Crippen LogP contribution in [0.4, 0.5) is 0 Å². The average molecular weight is 286 g/mol. The van der Waals surface area contributed by atoms with Gasteiger partial charge in [-0.05, 0) is 37.5 Å². The molecule has 0 heterocycles. The quantitative estimate of drug-likeness (QED) is 0.904. The lowest BCUT2D eigenvalue weighted by atomic mass is 9.83. The van der Waals surface area contributed by atoms with Crippen molar-refractivity contribution in [2.45, 2.75) is 51.0 Å². The lowest BCUT2D eigenvalue weighted by Gasteiger charge is -2.31. The maximum absolute atomic E-state index is 12.0. The van der Waals surface area contributed by atoms with E-state index < -0.39 is 5.54 Å². The van der Waals surface area contributed by atoms with Gasteiger partial charge < -0.3 is 10.1 Å². The Morgan fingerprint density at radius 2 is 2.14 bits per heavy atom. The summed E-state index contributed by atoms with van der Waals surface area (Å²) in [6.07, 6.45) is 4.95. The summed E-state index contributed by atoms with van der Waals surface area (Å²) < 4.78 is 5.57. The number of hydrogen-bond donors (Lipinski definition) is 1. The van der Waals surface area contributed by atoms with Gasteiger partial charge in [0.15, 0.2) is 0 Å². The maximum Gasteiger partial charge on any atom is 0.224 e. The van der Waals surface area contributed by atoms with Crippen LogP contribution < -0.4 is 10.1 Å². The minimum atomic E-state index is -0.654. The van der Waals surface area contributed by atoms with Crippen molar-refractivity contribution in [2.24, 2.45) is 0 Å². The highest BCUT2D eigenvalue weighted by Gasteiger charge is 2.33. The van der Waals surface area contributed by atoms with Crippen molar-refractivity contribution in [1.29, 1.82) is 5.26 Å². The summed E-state index contributed by atoms with van der Waals surface area (Å²) >= 11 is 0. The monoisotopic (exact) mass is 286 g/mol. The molecule has 1 aliphatic carbocycles. The zero-order chi connectivity index (χ0) is 15.1. The molecule has 2 rings (SSSR count). The standard InChI is InChI=1S/C17H22N2O2/c1-14-6-5-7-15(12-14)21-11-8-16(20)19-17(13-18)9-3-2-4-10-17/h5-7,12H,2-4,8-11H2,1H3,(H,19,20). The number of nitrogens with zero attached hydrogens (tertiary/aromatic N) is 1. The molecule has 0 spiro atoms. The SMILES string of the molecule is Cc1cccc(OCCC(=O)NC2(C#N)CCCCC2)c1. The molecule has 0 aromatic heterocycles. The van der Waals surface area contributed by atoms with Crippen LogP contribution in [0.1, 0.15) is 44.1 Å². The Balaban J connectivity index is 1.78. The van der Waals surface area contributed by atoms with Gasteiger partial charge in [0.1, 0.15) is 11.3 Å². The van der Waals surface area contributed by atoms with E-state index in [1.807, 2.05) is 31.2 Å². The average Bonchev–Trinajstić information content (AvgIpc) is 2.48. The fourth-order valence-corrected chi connectivity index (χ4v) is 2.72. The van der Waals surface area contributed by atoms with Gasteiger partial charge in [-0.3, -0.25) is 4.79 Å². The van der Waals surface area contributed by atoms with Crippen LogP contribution in [-0.2, 0) is 4.79 Å². The number of carbonyl (C=O) groups is 1. The third-order valence-corrected chi connectivity index (χ3v) is 3.89. The molecule has 0 unspecified atom stereocenters. The first-order chi connectivity index (χ1) is 10.1. The normalized spacial score (nSPS) is 16.8. The predicted octanol–water partition coefficient (Wildman–Crippen LogP) is 3.11. The van der Waals surface area contributed by atoms with Crippen LogP contribution in [0.25, 0.3) is 0 Å². The molecule has 0 aliphatic heterocycles. The van der Waals surface area contributed by atoms with Crippen LogP contribution in [0.2, 0.25) is 0 Å². The number of ether oxygens (including phenoxy) is 1. The Kier molecular flexibility index (Phi) is 5.21. The second-order valence-electron chi connectivity index (χ2n) is 5.72. The lowest BCUT2D eigenvalue weighted by Crippen LogP contribution is -2.48. The van der Waals surface area contributed by atoms with Crippen LogP contribution in [0.3, 0.4) is 0 Å². The Hall–Kier alpha value is -2.02. The van der Waals surface area contributed by atoms with Crippen molar-refractivity contribution in [3.05, 3.63) is 29.8 Å². The summed E-state index contributed by atoms with van der Waals surface area (Å²) in [7, 11) is 0. The van der Waals surface area contributed by atoms with Crippen molar-refractivity contribution in [3.8, 4) is 11.8 Å². The molecule has 1 N–H and O–H groups in total. The summed E-state index contributed by atoms with van der Waals surface area (Å²) in [5.41, 5.74) is 0.473. The van der Waals surface area contributed by atoms with E-state index >= 15 is 0 Å². The highest BCUT2D eigenvalue weighted by atomic mass is 16.5. The lowest BCUT2D eigenvalue weighted by molar-refractivity contribution is -0.123. The van der Waals surface area contributed by atoms with Crippen LogP contribution in [-0.4, -0.2) is 18.1 Å². The molecular formula is C17H22N2O2. The first-order valence-electron chi connectivity index (χ1n) is 7.55. The van der Waals surface area contributed by atoms with E-state index in [9.17, 15) is 10.1 Å². The highest BCUT2D eigenvalue weighted by Crippen LogP contribution is 2.27. The molecule has 112 valence electrons. The van der Waals surface area contributed by atoms with Gasteiger partial charge in [0.25, 0.3) is 0 Å². The third kappa shape index (κ3) is 4.49. The van der Waals surface area contributed by atoms with E-state index in [1.165, 1.54) is 0 Å². The van der Waals surface area contributed by atoms with Gasteiger partial charge in [0.05, 0.1) is 19.1 Å².